The predicted molar refractivity (Wildman–Crippen MR) is 70.3 cm³/mol. The smallest absolute Gasteiger partial charge is 0.0607 e. The van der Waals surface area contributed by atoms with Gasteiger partial charge in [0.15, 0.2) is 0 Å². The Morgan fingerprint density at radius 3 is 2.06 bits per heavy atom. The molecular weight excluding hydrogens is 214 g/mol. The lowest BCUT2D eigenvalue weighted by molar-refractivity contribution is 0.171. The van der Waals surface area contributed by atoms with Crippen molar-refractivity contribution in [3.05, 3.63) is 34.4 Å². The summed E-state index contributed by atoms with van der Waals surface area (Å²) >= 11 is 0. The van der Waals surface area contributed by atoms with Crippen LogP contribution < -0.4 is 5.32 Å². The normalized spacial score (nSPS) is 11.2. The van der Waals surface area contributed by atoms with E-state index in [0.717, 1.165) is 13.0 Å². The van der Waals surface area contributed by atoms with Gasteiger partial charge in [-0.05, 0) is 50.4 Å². The van der Waals surface area contributed by atoms with Crippen molar-refractivity contribution in [2.24, 2.45) is 0 Å². The van der Waals surface area contributed by atoms with Crippen LogP contribution in [0.2, 0.25) is 0 Å². The largest absolute Gasteiger partial charge is 0.395 e. The highest BCUT2D eigenvalue weighted by atomic mass is 16.3. The van der Waals surface area contributed by atoms with Crippen molar-refractivity contribution in [2.75, 3.05) is 19.8 Å². The topological polar surface area (TPSA) is 52.5 Å². The van der Waals surface area contributed by atoms with E-state index in [4.69, 9.17) is 10.2 Å². The number of nitrogens with one attached hydrogen (secondary N) is 1. The summed E-state index contributed by atoms with van der Waals surface area (Å²) in [6.45, 7) is 7.09. The van der Waals surface area contributed by atoms with Crippen LogP contribution in [0.4, 0.5) is 0 Å². The van der Waals surface area contributed by atoms with Gasteiger partial charge in [0.25, 0.3) is 0 Å². The number of aliphatic hydroxyl groups is 2. The van der Waals surface area contributed by atoms with Crippen LogP contribution in [0.5, 0.6) is 0 Å². The van der Waals surface area contributed by atoms with Crippen molar-refractivity contribution in [1.29, 1.82) is 0 Å². The molecule has 3 nitrogen and oxygen atoms in total. The first kappa shape index (κ1) is 14.2. The average molecular weight is 237 g/mol. The SMILES string of the molecule is Cc1cc(C)c(CCNC(CO)CO)c(C)c1. The van der Waals surface area contributed by atoms with Gasteiger partial charge in [0, 0.05) is 0 Å². The highest BCUT2D eigenvalue weighted by Crippen LogP contribution is 2.16. The van der Waals surface area contributed by atoms with Gasteiger partial charge in [-0.1, -0.05) is 17.7 Å². The van der Waals surface area contributed by atoms with Crippen molar-refractivity contribution in [2.45, 2.75) is 33.2 Å². The first-order chi connectivity index (χ1) is 8.08. The minimum absolute atomic E-state index is 0.0254. The van der Waals surface area contributed by atoms with Crippen molar-refractivity contribution in [3.63, 3.8) is 0 Å². The monoisotopic (exact) mass is 237 g/mol. The average Bonchev–Trinajstić information content (AvgIpc) is 2.27. The number of aryl methyl sites for hydroxylation is 3. The van der Waals surface area contributed by atoms with Crippen molar-refractivity contribution >= 4 is 0 Å². The molecule has 0 fully saturated rings. The molecule has 96 valence electrons. The highest BCUT2D eigenvalue weighted by molar-refractivity contribution is 5.37. The van der Waals surface area contributed by atoms with Crippen molar-refractivity contribution in [3.8, 4) is 0 Å². The molecule has 0 unspecified atom stereocenters. The van der Waals surface area contributed by atoms with E-state index in [2.05, 4.69) is 38.2 Å². The lowest BCUT2D eigenvalue weighted by atomic mass is 9.97. The molecule has 3 N–H and O–H groups in total. The van der Waals surface area contributed by atoms with Crippen LogP contribution in [-0.2, 0) is 6.42 Å². The molecular formula is C14H23NO2. The van der Waals surface area contributed by atoms with Crippen LogP contribution in [0.25, 0.3) is 0 Å². The first-order valence-electron chi connectivity index (χ1n) is 6.10. The molecule has 0 aliphatic rings. The zero-order valence-electron chi connectivity index (χ0n) is 11.0. The summed E-state index contributed by atoms with van der Waals surface area (Å²) in [6, 6.07) is 4.18. The number of aliphatic hydroxyl groups excluding tert-OH is 2. The van der Waals surface area contributed by atoms with E-state index >= 15 is 0 Å². The van der Waals surface area contributed by atoms with Crippen LogP contribution in [0, 0.1) is 20.8 Å². The Kier molecular flexibility index (Phi) is 5.62. The third-order valence-electron chi connectivity index (χ3n) is 3.09. The molecule has 0 saturated carbocycles. The molecule has 1 aromatic rings. The van der Waals surface area contributed by atoms with Gasteiger partial charge in [-0.25, -0.2) is 0 Å². The molecule has 0 aromatic heterocycles. The van der Waals surface area contributed by atoms with Crippen LogP contribution in [0.15, 0.2) is 12.1 Å². The fourth-order valence-electron chi connectivity index (χ4n) is 2.19. The molecule has 0 amide bonds. The summed E-state index contributed by atoms with van der Waals surface area (Å²) < 4.78 is 0. The Labute approximate surface area is 103 Å². The molecule has 0 spiro atoms. The van der Waals surface area contributed by atoms with Gasteiger partial charge in [0.2, 0.25) is 0 Å². The van der Waals surface area contributed by atoms with E-state index in [0.29, 0.717) is 0 Å². The Morgan fingerprint density at radius 2 is 1.59 bits per heavy atom. The number of benzene rings is 1. The summed E-state index contributed by atoms with van der Waals surface area (Å²) in [5.74, 6) is 0. The van der Waals surface area contributed by atoms with E-state index in [1.807, 2.05) is 0 Å². The fourth-order valence-corrected chi connectivity index (χ4v) is 2.19. The zero-order chi connectivity index (χ0) is 12.8. The molecule has 1 aromatic carbocycles. The molecule has 0 radical (unpaired) electrons. The van der Waals surface area contributed by atoms with Gasteiger partial charge in [0.1, 0.15) is 0 Å². The fraction of sp³-hybridized carbons (Fsp3) is 0.571. The molecule has 0 saturated heterocycles. The maximum Gasteiger partial charge on any atom is 0.0607 e. The number of hydrogen-bond acceptors (Lipinski definition) is 3. The Bertz CT molecular complexity index is 336. The lowest BCUT2D eigenvalue weighted by Gasteiger charge is -2.15. The third kappa shape index (κ3) is 4.11. The Morgan fingerprint density at radius 1 is 1.06 bits per heavy atom. The van der Waals surface area contributed by atoms with Crippen LogP contribution in [0.1, 0.15) is 22.3 Å². The third-order valence-corrected chi connectivity index (χ3v) is 3.09. The summed E-state index contributed by atoms with van der Waals surface area (Å²) in [4.78, 5) is 0. The second-order valence-corrected chi connectivity index (χ2v) is 4.64. The van der Waals surface area contributed by atoms with Gasteiger partial charge in [-0.2, -0.15) is 0 Å². The maximum absolute atomic E-state index is 8.95. The summed E-state index contributed by atoms with van der Waals surface area (Å²) in [7, 11) is 0. The van der Waals surface area contributed by atoms with E-state index < -0.39 is 0 Å². The summed E-state index contributed by atoms with van der Waals surface area (Å²) in [5, 5.41) is 21.0. The molecule has 0 aliphatic carbocycles. The summed E-state index contributed by atoms with van der Waals surface area (Å²) in [5.41, 5.74) is 5.28. The van der Waals surface area contributed by atoms with Gasteiger partial charge in [-0.3, -0.25) is 0 Å². The molecule has 1 rings (SSSR count). The molecule has 3 heteroatoms. The van der Waals surface area contributed by atoms with Gasteiger partial charge in [-0.15, -0.1) is 0 Å². The molecule has 0 atom stereocenters. The molecule has 0 heterocycles. The van der Waals surface area contributed by atoms with Crippen LogP contribution >= 0.6 is 0 Å². The Balaban J connectivity index is 2.58. The minimum Gasteiger partial charge on any atom is -0.395 e. The van der Waals surface area contributed by atoms with Gasteiger partial charge >= 0.3 is 0 Å². The maximum atomic E-state index is 8.95. The van der Waals surface area contributed by atoms with Gasteiger partial charge < -0.3 is 15.5 Å². The highest BCUT2D eigenvalue weighted by Gasteiger charge is 2.06. The Hall–Kier alpha value is -0.900. The molecule has 0 aliphatic heterocycles. The van der Waals surface area contributed by atoms with Gasteiger partial charge in [0.05, 0.1) is 19.3 Å². The second-order valence-electron chi connectivity index (χ2n) is 4.64. The minimum atomic E-state index is -0.207. The molecule has 17 heavy (non-hydrogen) atoms. The van der Waals surface area contributed by atoms with Crippen LogP contribution in [0.3, 0.4) is 0 Å². The van der Waals surface area contributed by atoms with Crippen molar-refractivity contribution in [1.82, 2.24) is 5.32 Å². The van der Waals surface area contributed by atoms with E-state index in [1.165, 1.54) is 22.3 Å². The lowest BCUT2D eigenvalue weighted by Crippen LogP contribution is -2.37. The zero-order valence-corrected chi connectivity index (χ0v) is 11.0. The van der Waals surface area contributed by atoms with E-state index in [9.17, 15) is 0 Å². The van der Waals surface area contributed by atoms with E-state index in [-0.39, 0.29) is 19.3 Å². The summed E-state index contributed by atoms with van der Waals surface area (Å²) in [6.07, 6.45) is 0.925. The van der Waals surface area contributed by atoms with Crippen LogP contribution in [-0.4, -0.2) is 36.0 Å². The second kappa shape index (κ2) is 6.74. The van der Waals surface area contributed by atoms with Crippen molar-refractivity contribution < 1.29 is 10.2 Å². The number of rotatable bonds is 6. The quantitative estimate of drug-likeness (QED) is 0.694. The molecule has 0 bridgehead atoms. The van der Waals surface area contributed by atoms with E-state index in [1.54, 1.807) is 0 Å². The number of hydrogen-bond donors (Lipinski definition) is 3. The first-order valence-corrected chi connectivity index (χ1v) is 6.10. The standard InChI is InChI=1S/C14H23NO2/c1-10-6-11(2)14(12(3)7-10)4-5-15-13(8-16)9-17/h6-7,13,15-17H,4-5,8-9H2,1-3H3. The predicted octanol–water partition coefficient (Wildman–Crippen LogP) is 1.10.